The third-order valence-electron chi connectivity index (χ3n) is 4.92. The topological polar surface area (TPSA) is 99.8 Å². The number of nitrogens with one attached hydrogen (secondary N) is 3. The summed E-state index contributed by atoms with van der Waals surface area (Å²) >= 11 is 6.78. The molecular formula is C21H21ClF4N4O4S. The number of amides is 3. The van der Waals surface area contributed by atoms with Crippen LogP contribution in [0.2, 0.25) is 4.34 Å². The van der Waals surface area contributed by atoms with Crippen LogP contribution in [0.3, 0.4) is 0 Å². The van der Waals surface area contributed by atoms with E-state index in [0.717, 1.165) is 17.4 Å². The first-order valence-corrected chi connectivity index (χ1v) is 11.5. The molecule has 14 heteroatoms. The van der Waals surface area contributed by atoms with E-state index < -0.39 is 55.3 Å². The van der Waals surface area contributed by atoms with E-state index in [0.29, 0.717) is 4.34 Å². The molecule has 0 aliphatic carbocycles. The zero-order chi connectivity index (χ0) is 25.5. The van der Waals surface area contributed by atoms with Crippen LogP contribution in [0.5, 0.6) is 0 Å². The van der Waals surface area contributed by atoms with E-state index in [1.807, 2.05) is 0 Å². The molecule has 1 fully saturated rings. The van der Waals surface area contributed by atoms with Gasteiger partial charge in [0.1, 0.15) is 12.6 Å². The predicted octanol–water partition coefficient (Wildman–Crippen LogP) is 3.29. The lowest BCUT2D eigenvalue weighted by molar-refractivity contribution is -0.125. The maximum atomic E-state index is 13.8. The minimum Gasteiger partial charge on any atom is -0.370 e. The molecule has 1 saturated heterocycles. The summed E-state index contributed by atoms with van der Waals surface area (Å²) in [6.07, 6.45) is -5.80. The van der Waals surface area contributed by atoms with Gasteiger partial charge in [-0.3, -0.25) is 19.7 Å². The third-order valence-corrected chi connectivity index (χ3v) is 6.15. The van der Waals surface area contributed by atoms with Gasteiger partial charge in [0.15, 0.2) is 0 Å². The highest BCUT2D eigenvalue weighted by Crippen LogP contribution is 2.32. The lowest BCUT2D eigenvalue weighted by Crippen LogP contribution is -2.49. The summed E-state index contributed by atoms with van der Waals surface area (Å²) in [6, 6.07) is 5.27. The van der Waals surface area contributed by atoms with Crippen molar-refractivity contribution in [3.8, 4) is 0 Å². The standard InChI is InChI=1S/C21H21ClF4N4O4S/c22-16-4-3-15(35-16)21(33)28-8-14(27-9-17(23)24)20(32)29-13-2-1-11(7-12(13)19(25)26)30-5-6-34-10-18(30)31/h1-4,7,14,17,19,27H,5-6,8-10H2,(H,28,33)(H,29,32)/t14-/m0/s1. The molecule has 1 atom stereocenters. The molecule has 3 rings (SSSR count). The van der Waals surface area contributed by atoms with Crippen LogP contribution in [0, 0.1) is 0 Å². The van der Waals surface area contributed by atoms with Crippen molar-refractivity contribution in [2.45, 2.75) is 18.9 Å². The number of hydrogen-bond acceptors (Lipinski definition) is 6. The molecule has 1 aromatic heterocycles. The average molecular weight is 537 g/mol. The van der Waals surface area contributed by atoms with Crippen LogP contribution in [0.1, 0.15) is 21.7 Å². The highest BCUT2D eigenvalue weighted by molar-refractivity contribution is 7.18. The second-order valence-electron chi connectivity index (χ2n) is 7.33. The molecule has 0 spiro atoms. The van der Waals surface area contributed by atoms with Crippen LogP contribution in [-0.4, -0.2) is 63.0 Å². The van der Waals surface area contributed by atoms with Gasteiger partial charge in [0, 0.05) is 30.0 Å². The van der Waals surface area contributed by atoms with Crippen molar-refractivity contribution in [1.82, 2.24) is 10.6 Å². The van der Waals surface area contributed by atoms with Crippen molar-refractivity contribution >= 4 is 52.0 Å². The van der Waals surface area contributed by atoms with Gasteiger partial charge in [0.25, 0.3) is 24.7 Å². The van der Waals surface area contributed by atoms with Crippen molar-refractivity contribution in [2.24, 2.45) is 0 Å². The van der Waals surface area contributed by atoms with Crippen molar-refractivity contribution in [2.75, 3.05) is 43.1 Å². The second-order valence-corrected chi connectivity index (χ2v) is 9.04. The summed E-state index contributed by atoms with van der Waals surface area (Å²) < 4.78 is 58.4. The molecule has 0 bridgehead atoms. The maximum Gasteiger partial charge on any atom is 0.265 e. The Bertz CT molecular complexity index is 1070. The van der Waals surface area contributed by atoms with Gasteiger partial charge in [0.05, 0.1) is 22.4 Å². The largest absolute Gasteiger partial charge is 0.370 e. The van der Waals surface area contributed by atoms with E-state index in [-0.39, 0.29) is 36.0 Å². The number of carbonyl (C=O) groups excluding carboxylic acids is 3. The quantitative estimate of drug-likeness (QED) is 0.405. The summed E-state index contributed by atoms with van der Waals surface area (Å²) in [7, 11) is 0. The molecule has 0 unspecified atom stereocenters. The Balaban J connectivity index is 1.74. The number of hydrogen-bond donors (Lipinski definition) is 3. The molecule has 0 saturated carbocycles. The van der Waals surface area contributed by atoms with Gasteiger partial charge in [0.2, 0.25) is 5.91 Å². The first-order valence-electron chi connectivity index (χ1n) is 10.3. The number of morpholine rings is 1. The summed E-state index contributed by atoms with van der Waals surface area (Å²) in [4.78, 5) is 38.6. The van der Waals surface area contributed by atoms with Gasteiger partial charge in [-0.15, -0.1) is 11.3 Å². The van der Waals surface area contributed by atoms with E-state index in [1.165, 1.54) is 29.2 Å². The zero-order valence-electron chi connectivity index (χ0n) is 18.0. The van der Waals surface area contributed by atoms with Gasteiger partial charge >= 0.3 is 0 Å². The van der Waals surface area contributed by atoms with E-state index in [2.05, 4.69) is 16.0 Å². The fraction of sp³-hybridized carbons (Fsp3) is 0.381. The first-order chi connectivity index (χ1) is 16.7. The molecule has 8 nitrogen and oxygen atoms in total. The number of nitrogens with zero attached hydrogens (tertiary/aromatic N) is 1. The zero-order valence-corrected chi connectivity index (χ0v) is 19.6. The number of halogens is 5. The monoisotopic (exact) mass is 536 g/mol. The smallest absolute Gasteiger partial charge is 0.265 e. The highest BCUT2D eigenvalue weighted by Gasteiger charge is 2.26. The van der Waals surface area contributed by atoms with Gasteiger partial charge in [-0.05, 0) is 30.3 Å². The Hall–Kier alpha value is -2.74. The molecule has 1 aliphatic heterocycles. The van der Waals surface area contributed by atoms with Crippen LogP contribution < -0.4 is 20.9 Å². The number of alkyl halides is 4. The normalized spacial score (nSPS) is 14.9. The van der Waals surface area contributed by atoms with Gasteiger partial charge in [-0.25, -0.2) is 17.6 Å². The summed E-state index contributed by atoms with van der Waals surface area (Å²) in [5.74, 6) is -1.88. The number of anilines is 2. The minimum absolute atomic E-state index is 0.177. The number of benzene rings is 1. The predicted molar refractivity (Wildman–Crippen MR) is 123 cm³/mol. The Morgan fingerprint density at radius 3 is 2.54 bits per heavy atom. The van der Waals surface area contributed by atoms with Crippen LogP contribution >= 0.6 is 22.9 Å². The Kier molecular flexibility index (Phi) is 9.43. The molecule has 35 heavy (non-hydrogen) atoms. The Labute approximate surface area is 206 Å². The third kappa shape index (κ3) is 7.37. The molecule has 0 radical (unpaired) electrons. The molecule has 1 aromatic carbocycles. The lowest BCUT2D eigenvalue weighted by Gasteiger charge is -2.28. The molecule has 3 N–H and O–H groups in total. The SMILES string of the molecule is O=C(NC[C@H](NCC(F)F)C(=O)Nc1ccc(N2CCOCC2=O)cc1C(F)F)c1ccc(Cl)s1. The maximum absolute atomic E-state index is 13.8. The Morgan fingerprint density at radius 1 is 1.14 bits per heavy atom. The molecule has 2 aromatic rings. The van der Waals surface area contributed by atoms with Gasteiger partial charge < -0.3 is 20.3 Å². The van der Waals surface area contributed by atoms with Crippen LogP contribution in [0.15, 0.2) is 30.3 Å². The number of ether oxygens (including phenoxy) is 1. The lowest BCUT2D eigenvalue weighted by atomic mass is 10.1. The van der Waals surface area contributed by atoms with Gasteiger partial charge in [-0.1, -0.05) is 11.6 Å². The summed E-state index contributed by atoms with van der Waals surface area (Å²) in [6.45, 7) is -1.00. The van der Waals surface area contributed by atoms with Crippen molar-refractivity contribution in [1.29, 1.82) is 0 Å². The molecule has 190 valence electrons. The van der Waals surface area contributed by atoms with Crippen LogP contribution in [0.25, 0.3) is 0 Å². The second kappa shape index (κ2) is 12.3. The number of carbonyl (C=O) groups is 3. The van der Waals surface area contributed by atoms with E-state index >= 15 is 0 Å². The van der Waals surface area contributed by atoms with Crippen LogP contribution in [0.4, 0.5) is 28.9 Å². The van der Waals surface area contributed by atoms with Crippen LogP contribution in [-0.2, 0) is 14.3 Å². The highest BCUT2D eigenvalue weighted by atomic mass is 35.5. The van der Waals surface area contributed by atoms with E-state index in [4.69, 9.17) is 16.3 Å². The average Bonchev–Trinajstić information content (AvgIpc) is 3.25. The molecule has 3 amide bonds. The molecule has 2 heterocycles. The number of rotatable bonds is 10. The Morgan fingerprint density at radius 2 is 1.91 bits per heavy atom. The van der Waals surface area contributed by atoms with Crippen molar-refractivity contribution < 1.29 is 36.7 Å². The summed E-state index contributed by atoms with van der Waals surface area (Å²) in [5, 5.41) is 7.05. The summed E-state index contributed by atoms with van der Waals surface area (Å²) in [5.41, 5.74) is -0.601. The van der Waals surface area contributed by atoms with Crippen molar-refractivity contribution in [3.05, 3.63) is 45.1 Å². The van der Waals surface area contributed by atoms with E-state index in [9.17, 15) is 31.9 Å². The fourth-order valence-corrected chi connectivity index (χ4v) is 4.19. The minimum atomic E-state index is -3.00. The van der Waals surface area contributed by atoms with E-state index in [1.54, 1.807) is 0 Å². The van der Waals surface area contributed by atoms with Crippen molar-refractivity contribution in [3.63, 3.8) is 0 Å². The number of thiophene rings is 1. The van der Waals surface area contributed by atoms with Gasteiger partial charge in [-0.2, -0.15) is 0 Å². The fourth-order valence-electron chi connectivity index (χ4n) is 3.23. The first kappa shape index (κ1) is 26.9. The molecular weight excluding hydrogens is 516 g/mol. The molecule has 1 aliphatic rings.